The molecule has 1 aromatic rings. The fraction of sp³-hybridized carbons (Fsp3) is 0.600. The molecule has 1 rings (SSSR count). The number of amides is 1. The summed E-state index contributed by atoms with van der Waals surface area (Å²) in [6.07, 6.45) is 4.64. The van der Waals surface area contributed by atoms with Crippen LogP contribution in [-0.2, 0) is 4.79 Å². The maximum absolute atomic E-state index is 11.9. The predicted octanol–water partition coefficient (Wildman–Crippen LogP) is 2.35. The molecule has 0 saturated heterocycles. The van der Waals surface area contributed by atoms with Gasteiger partial charge in [0, 0.05) is 6.04 Å². The number of nitriles is 1. The highest BCUT2D eigenvalue weighted by Crippen LogP contribution is 2.15. The van der Waals surface area contributed by atoms with Crippen molar-refractivity contribution >= 4 is 23.5 Å². The number of thioether (sulfide) groups is 1. The second-order valence-electron chi connectivity index (χ2n) is 5.65. The van der Waals surface area contributed by atoms with Gasteiger partial charge in [0.05, 0.1) is 11.9 Å². The molecule has 0 aliphatic carbocycles. The Bertz CT molecular complexity index is 541. The maximum Gasteiger partial charge on any atom is 0.230 e. The van der Waals surface area contributed by atoms with Crippen LogP contribution in [0.1, 0.15) is 45.6 Å². The van der Waals surface area contributed by atoms with Crippen molar-refractivity contribution in [3.8, 4) is 6.07 Å². The molecular formula is C15H23N5OS. The first-order chi connectivity index (χ1) is 10.4. The zero-order valence-corrected chi connectivity index (χ0v) is 14.1. The lowest BCUT2D eigenvalue weighted by Crippen LogP contribution is -2.33. The minimum Gasteiger partial charge on any atom is -0.382 e. The van der Waals surface area contributed by atoms with Crippen molar-refractivity contribution in [1.29, 1.82) is 5.26 Å². The van der Waals surface area contributed by atoms with Crippen LogP contribution in [0.3, 0.4) is 0 Å². The van der Waals surface area contributed by atoms with Gasteiger partial charge < -0.3 is 11.1 Å². The van der Waals surface area contributed by atoms with Crippen LogP contribution in [0.2, 0.25) is 0 Å². The predicted molar refractivity (Wildman–Crippen MR) is 88.2 cm³/mol. The molecule has 1 amide bonds. The van der Waals surface area contributed by atoms with Crippen LogP contribution in [0.5, 0.6) is 0 Å². The number of anilines is 1. The average Bonchev–Trinajstić information content (AvgIpc) is 2.44. The molecule has 1 atom stereocenters. The summed E-state index contributed by atoms with van der Waals surface area (Å²) in [5, 5.41) is 12.1. The molecule has 0 aromatic carbocycles. The van der Waals surface area contributed by atoms with Crippen LogP contribution < -0.4 is 11.1 Å². The minimum atomic E-state index is -0.0476. The third-order valence-corrected chi connectivity index (χ3v) is 3.94. The van der Waals surface area contributed by atoms with Gasteiger partial charge in [-0.2, -0.15) is 5.26 Å². The maximum atomic E-state index is 11.9. The van der Waals surface area contributed by atoms with Crippen molar-refractivity contribution < 1.29 is 4.79 Å². The Morgan fingerprint density at radius 3 is 2.77 bits per heavy atom. The number of nitrogen functional groups attached to an aromatic ring is 1. The van der Waals surface area contributed by atoms with Crippen molar-refractivity contribution in [3.63, 3.8) is 0 Å². The number of rotatable bonds is 8. The molecule has 1 unspecified atom stereocenters. The van der Waals surface area contributed by atoms with Gasteiger partial charge >= 0.3 is 0 Å². The zero-order chi connectivity index (χ0) is 16.5. The minimum absolute atomic E-state index is 0.0476. The monoisotopic (exact) mass is 321 g/mol. The average molecular weight is 321 g/mol. The molecule has 0 bridgehead atoms. The van der Waals surface area contributed by atoms with E-state index in [9.17, 15) is 4.79 Å². The largest absolute Gasteiger partial charge is 0.382 e. The SMILES string of the molecule is CC(C)CCCC(C)NC(=O)CSc1ncc(C#N)c(N)n1. The lowest BCUT2D eigenvalue weighted by Gasteiger charge is -2.14. The molecule has 0 fully saturated rings. The van der Waals surface area contributed by atoms with E-state index in [1.54, 1.807) is 0 Å². The highest BCUT2D eigenvalue weighted by molar-refractivity contribution is 7.99. The third kappa shape index (κ3) is 6.76. The van der Waals surface area contributed by atoms with E-state index in [4.69, 9.17) is 11.0 Å². The van der Waals surface area contributed by atoms with Crippen molar-refractivity contribution in [2.75, 3.05) is 11.5 Å². The summed E-state index contributed by atoms with van der Waals surface area (Å²) in [5.74, 6) is 1.02. The summed E-state index contributed by atoms with van der Waals surface area (Å²) >= 11 is 1.21. The van der Waals surface area contributed by atoms with E-state index in [1.165, 1.54) is 24.4 Å². The Morgan fingerprint density at radius 1 is 1.45 bits per heavy atom. The number of nitrogens with one attached hydrogen (secondary N) is 1. The standard InChI is InChI=1S/C15H23N5OS/c1-10(2)5-4-6-11(3)19-13(21)9-22-15-18-8-12(7-16)14(17)20-15/h8,10-11H,4-6,9H2,1-3H3,(H,19,21)(H2,17,18,20). The summed E-state index contributed by atoms with van der Waals surface area (Å²) in [6.45, 7) is 6.41. The first kappa shape index (κ1) is 18.2. The van der Waals surface area contributed by atoms with Gasteiger partial charge in [-0.1, -0.05) is 38.5 Å². The lowest BCUT2D eigenvalue weighted by molar-refractivity contribution is -0.119. The Kier molecular flexibility index (Phi) is 7.67. The summed E-state index contributed by atoms with van der Waals surface area (Å²) < 4.78 is 0. The van der Waals surface area contributed by atoms with Gasteiger partial charge in [0.25, 0.3) is 0 Å². The van der Waals surface area contributed by atoms with Crippen molar-refractivity contribution in [2.24, 2.45) is 5.92 Å². The van der Waals surface area contributed by atoms with Gasteiger partial charge in [0.15, 0.2) is 5.16 Å². The fourth-order valence-corrected chi connectivity index (χ4v) is 2.52. The van der Waals surface area contributed by atoms with Gasteiger partial charge in [-0.15, -0.1) is 0 Å². The van der Waals surface area contributed by atoms with Gasteiger partial charge in [-0.05, 0) is 19.3 Å². The highest BCUT2D eigenvalue weighted by Gasteiger charge is 2.10. The van der Waals surface area contributed by atoms with E-state index in [0.29, 0.717) is 11.1 Å². The first-order valence-electron chi connectivity index (χ1n) is 7.37. The molecule has 0 spiro atoms. The molecule has 6 nitrogen and oxygen atoms in total. The molecule has 3 N–H and O–H groups in total. The van der Waals surface area contributed by atoms with E-state index in [2.05, 4.69) is 29.1 Å². The van der Waals surface area contributed by atoms with E-state index in [0.717, 1.165) is 12.8 Å². The Labute approximate surface area is 135 Å². The van der Waals surface area contributed by atoms with Gasteiger partial charge in [0.2, 0.25) is 5.91 Å². The molecule has 0 saturated carbocycles. The Balaban J connectivity index is 2.34. The number of nitrogens with two attached hydrogens (primary N) is 1. The van der Waals surface area contributed by atoms with Crippen molar-refractivity contribution in [1.82, 2.24) is 15.3 Å². The van der Waals surface area contributed by atoms with Crippen LogP contribution in [0, 0.1) is 17.2 Å². The molecular weight excluding hydrogens is 298 g/mol. The van der Waals surface area contributed by atoms with E-state index in [-0.39, 0.29) is 29.1 Å². The van der Waals surface area contributed by atoms with Crippen LogP contribution in [0.25, 0.3) is 0 Å². The summed E-state index contributed by atoms with van der Waals surface area (Å²) in [5.41, 5.74) is 5.85. The number of hydrogen-bond acceptors (Lipinski definition) is 6. The van der Waals surface area contributed by atoms with Gasteiger partial charge in [-0.3, -0.25) is 4.79 Å². The van der Waals surface area contributed by atoms with E-state index < -0.39 is 0 Å². The van der Waals surface area contributed by atoms with Crippen LogP contribution in [-0.4, -0.2) is 27.7 Å². The summed E-state index contributed by atoms with van der Waals surface area (Å²) in [7, 11) is 0. The van der Waals surface area contributed by atoms with Crippen LogP contribution in [0.15, 0.2) is 11.4 Å². The first-order valence-corrected chi connectivity index (χ1v) is 8.35. The molecule has 120 valence electrons. The third-order valence-electron chi connectivity index (χ3n) is 3.07. The van der Waals surface area contributed by atoms with Crippen molar-refractivity contribution in [2.45, 2.75) is 51.2 Å². The van der Waals surface area contributed by atoms with Gasteiger partial charge in [-0.25, -0.2) is 9.97 Å². The smallest absolute Gasteiger partial charge is 0.230 e. The van der Waals surface area contributed by atoms with Crippen LogP contribution in [0.4, 0.5) is 5.82 Å². The fourth-order valence-electron chi connectivity index (χ4n) is 1.88. The normalized spacial score (nSPS) is 12.0. The molecule has 1 aromatic heterocycles. The van der Waals surface area contributed by atoms with Crippen LogP contribution >= 0.6 is 11.8 Å². The number of carbonyl (C=O) groups is 1. The molecule has 22 heavy (non-hydrogen) atoms. The number of aromatic nitrogens is 2. The quantitative estimate of drug-likeness (QED) is 0.562. The summed E-state index contributed by atoms with van der Waals surface area (Å²) in [4.78, 5) is 19.9. The second kappa shape index (κ2) is 9.26. The number of nitrogens with zero attached hydrogens (tertiary/aromatic N) is 3. The second-order valence-corrected chi connectivity index (χ2v) is 6.59. The topological polar surface area (TPSA) is 105 Å². The number of carbonyl (C=O) groups excluding carboxylic acids is 1. The molecule has 1 heterocycles. The van der Waals surface area contributed by atoms with E-state index >= 15 is 0 Å². The molecule has 0 radical (unpaired) electrons. The molecule has 7 heteroatoms. The molecule has 0 aliphatic heterocycles. The Hall–Kier alpha value is -1.81. The lowest BCUT2D eigenvalue weighted by atomic mass is 10.0. The molecule has 0 aliphatic rings. The Morgan fingerprint density at radius 2 is 2.18 bits per heavy atom. The zero-order valence-electron chi connectivity index (χ0n) is 13.3. The van der Waals surface area contributed by atoms with Crippen molar-refractivity contribution in [3.05, 3.63) is 11.8 Å². The summed E-state index contributed by atoms with van der Waals surface area (Å²) in [6, 6.07) is 2.07. The van der Waals surface area contributed by atoms with Gasteiger partial charge in [0.1, 0.15) is 17.5 Å². The van der Waals surface area contributed by atoms with E-state index in [1.807, 2.05) is 13.0 Å². The number of hydrogen-bond donors (Lipinski definition) is 2. The highest BCUT2D eigenvalue weighted by atomic mass is 32.2.